The van der Waals surface area contributed by atoms with Gasteiger partial charge in [-0.15, -0.1) is 0 Å². The van der Waals surface area contributed by atoms with Crippen LogP contribution in [0.1, 0.15) is 55.5 Å². The fourth-order valence-electron chi connectivity index (χ4n) is 2.77. The van der Waals surface area contributed by atoms with Gasteiger partial charge in [-0.25, -0.2) is 0 Å². The van der Waals surface area contributed by atoms with Crippen LogP contribution in [0.5, 0.6) is 0 Å². The Labute approximate surface area is 133 Å². The molecule has 1 nitrogen and oxygen atoms in total. The van der Waals surface area contributed by atoms with Crippen LogP contribution in [-0.4, -0.2) is 5.78 Å². The quantitative estimate of drug-likeness (QED) is 0.457. The first-order valence-electron chi connectivity index (χ1n) is 8.15. The van der Waals surface area contributed by atoms with Gasteiger partial charge < -0.3 is 0 Å². The van der Waals surface area contributed by atoms with Gasteiger partial charge in [0.05, 0.1) is 0 Å². The van der Waals surface area contributed by atoms with E-state index in [1.54, 1.807) is 0 Å². The summed E-state index contributed by atoms with van der Waals surface area (Å²) < 4.78 is 0. The number of ketones is 1. The molecule has 0 unspecified atom stereocenters. The molecule has 0 bridgehead atoms. The summed E-state index contributed by atoms with van der Waals surface area (Å²) in [5, 5.41) is 0. The lowest BCUT2D eigenvalue weighted by atomic mass is 9.89. The van der Waals surface area contributed by atoms with Crippen LogP contribution in [-0.2, 0) is 0 Å². The Bertz CT molecular complexity index is 623. The summed E-state index contributed by atoms with van der Waals surface area (Å²) in [5.74, 6) is 0.176. The lowest BCUT2D eigenvalue weighted by molar-refractivity contribution is 0.103. The van der Waals surface area contributed by atoms with Crippen molar-refractivity contribution < 1.29 is 4.79 Å². The molecule has 2 rings (SSSR count). The molecule has 1 heteroatoms. The molecule has 0 aliphatic rings. The lowest BCUT2D eigenvalue weighted by Gasteiger charge is -2.15. The van der Waals surface area contributed by atoms with Crippen LogP contribution in [0.15, 0.2) is 66.2 Å². The summed E-state index contributed by atoms with van der Waals surface area (Å²) in [7, 11) is 0. The maximum absolute atomic E-state index is 13.0. The number of benzene rings is 2. The third kappa shape index (κ3) is 3.94. The molecule has 2 aromatic carbocycles. The van der Waals surface area contributed by atoms with Gasteiger partial charge in [-0.05, 0) is 24.0 Å². The van der Waals surface area contributed by atoms with E-state index in [2.05, 4.69) is 26.0 Å². The van der Waals surface area contributed by atoms with E-state index in [9.17, 15) is 4.79 Å². The Morgan fingerprint density at radius 2 is 1.23 bits per heavy atom. The second kappa shape index (κ2) is 8.33. The van der Waals surface area contributed by atoms with Crippen LogP contribution in [0.4, 0.5) is 0 Å². The highest BCUT2D eigenvalue weighted by molar-refractivity contribution is 6.13. The number of hydrogen-bond donors (Lipinski definition) is 0. The predicted octanol–water partition coefficient (Wildman–Crippen LogP) is 5.92. The molecule has 2 aromatic rings. The number of carbonyl (C=O) groups excluding carboxylic acids is 1. The van der Waals surface area contributed by atoms with Crippen molar-refractivity contribution in [3.63, 3.8) is 0 Å². The van der Waals surface area contributed by atoms with E-state index in [-0.39, 0.29) is 5.78 Å². The molecule has 22 heavy (non-hydrogen) atoms. The second-order valence-electron chi connectivity index (χ2n) is 5.52. The molecule has 0 N–H and O–H groups in total. The minimum absolute atomic E-state index is 0.176. The molecule has 0 spiro atoms. The van der Waals surface area contributed by atoms with Gasteiger partial charge in [0.2, 0.25) is 0 Å². The summed E-state index contributed by atoms with van der Waals surface area (Å²) in [6.07, 6.45) is 3.79. The highest BCUT2D eigenvalue weighted by Crippen LogP contribution is 2.28. The SMILES string of the molecule is CCC/C(C(=O)c1ccccc1)=C(\CCC)c1ccccc1. The smallest absolute Gasteiger partial charge is 0.189 e. The van der Waals surface area contributed by atoms with Crippen molar-refractivity contribution in [1.82, 2.24) is 0 Å². The van der Waals surface area contributed by atoms with Crippen molar-refractivity contribution in [1.29, 1.82) is 0 Å². The number of rotatable bonds is 7. The standard InChI is InChI=1S/C21H24O/c1-3-11-19(17-13-7-5-8-14-17)20(12-4-2)21(22)18-15-9-6-10-16-18/h5-10,13-16H,3-4,11-12H2,1-2H3/b20-19-. The Hall–Kier alpha value is -2.15. The summed E-state index contributed by atoms with van der Waals surface area (Å²) in [6.45, 7) is 4.30. The molecule has 0 amide bonds. The van der Waals surface area contributed by atoms with Gasteiger partial charge in [0.15, 0.2) is 5.78 Å². The summed E-state index contributed by atoms with van der Waals surface area (Å²) in [6, 6.07) is 20.0. The van der Waals surface area contributed by atoms with Crippen LogP contribution >= 0.6 is 0 Å². The zero-order chi connectivity index (χ0) is 15.8. The van der Waals surface area contributed by atoms with E-state index < -0.39 is 0 Å². The van der Waals surface area contributed by atoms with E-state index in [4.69, 9.17) is 0 Å². The highest BCUT2D eigenvalue weighted by Gasteiger charge is 2.17. The normalized spacial score (nSPS) is 11.9. The van der Waals surface area contributed by atoms with E-state index in [0.717, 1.165) is 36.8 Å². The van der Waals surface area contributed by atoms with E-state index in [0.29, 0.717) is 0 Å². The van der Waals surface area contributed by atoms with Gasteiger partial charge in [-0.2, -0.15) is 0 Å². The molecule has 0 saturated heterocycles. The fourth-order valence-corrected chi connectivity index (χ4v) is 2.77. The number of hydrogen-bond acceptors (Lipinski definition) is 1. The lowest BCUT2D eigenvalue weighted by Crippen LogP contribution is -2.07. The maximum Gasteiger partial charge on any atom is 0.189 e. The Balaban J connectivity index is 2.51. The largest absolute Gasteiger partial charge is 0.289 e. The van der Waals surface area contributed by atoms with Crippen molar-refractivity contribution in [2.24, 2.45) is 0 Å². The molecule has 0 radical (unpaired) electrons. The Kier molecular flexibility index (Phi) is 6.14. The van der Waals surface area contributed by atoms with Gasteiger partial charge in [-0.1, -0.05) is 87.4 Å². The first-order valence-corrected chi connectivity index (χ1v) is 8.15. The van der Waals surface area contributed by atoms with Gasteiger partial charge in [0.1, 0.15) is 0 Å². The van der Waals surface area contributed by atoms with Crippen LogP contribution in [0.25, 0.3) is 5.57 Å². The fraction of sp³-hybridized carbons (Fsp3) is 0.286. The van der Waals surface area contributed by atoms with E-state index >= 15 is 0 Å². The minimum atomic E-state index is 0.176. The zero-order valence-corrected chi connectivity index (χ0v) is 13.5. The summed E-state index contributed by atoms with van der Waals surface area (Å²) >= 11 is 0. The number of allylic oxidation sites excluding steroid dienone is 2. The predicted molar refractivity (Wildman–Crippen MR) is 94.0 cm³/mol. The minimum Gasteiger partial charge on any atom is -0.289 e. The third-order valence-corrected chi connectivity index (χ3v) is 3.80. The first kappa shape index (κ1) is 16.2. The topological polar surface area (TPSA) is 17.1 Å². The maximum atomic E-state index is 13.0. The molecule has 0 aliphatic heterocycles. The average Bonchev–Trinajstić information content (AvgIpc) is 2.59. The molecule has 0 atom stereocenters. The number of carbonyl (C=O) groups is 1. The van der Waals surface area contributed by atoms with Crippen molar-refractivity contribution in [2.75, 3.05) is 0 Å². The van der Waals surface area contributed by atoms with E-state index in [1.807, 2.05) is 48.5 Å². The van der Waals surface area contributed by atoms with Gasteiger partial charge >= 0.3 is 0 Å². The molecule has 114 valence electrons. The van der Waals surface area contributed by atoms with Crippen LogP contribution in [0.2, 0.25) is 0 Å². The van der Waals surface area contributed by atoms with Crippen LogP contribution in [0.3, 0.4) is 0 Å². The number of Topliss-reactive ketones (excluding diaryl/α,β-unsaturated/α-hetero) is 1. The van der Waals surface area contributed by atoms with Crippen LogP contribution < -0.4 is 0 Å². The monoisotopic (exact) mass is 292 g/mol. The zero-order valence-electron chi connectivity index (χ0n) is 13.5. The first-order chi connectivity index (χ1) is 10.8. The molecule has 0 heterocycles. The summed E-state index contributed by atoms with van der Waals surface area (Å²) in [5.41, 5.74) is 4.15. The summed E-state index contributed by atoms with van der Waals surface area (Å²) in [4.78, 5) is 13.0. The van der Waals surface area contributed by atoms with E-state index in [1.165, 1.54) is 11.1 Å². The second-order valence-corrected chi connectivity index (χ2v) is 5.52. The average molecular weight is 292 g/mol. The van der Waals surface area contributed by atoms with Crippen LogP contribution in [0, 0.1) is 0 Å². The molecular weight excluding hydrogens is 268 g/mol. The molecule has 0 aliphatic carbocycles. The Morgan fingerprint density at radius 1 is 0.727 bits per heavy atom. The van der Waals surface area contributed by atoms with Crippen molar-refractivity contribution >= 4 is 11.4 Å². The van der Waals surface area contributed by atoms with Gasteiger partial charge in [0.25, 0.3) is 0 Å². The van der Waals surface area contributed by atoms with Crippen molar-refractivity contribution in [3.05, 3.63) is 77.4 Å². The third-order valence-electron chi connectivity index (χ3n) is 3.80. The molecule has 0 aromatic heterocycles. The highest BCUT2D eigenvalue weighted by atomic mass is 16.1. The van der Waals surface area contributed by atoms with Crippen molar-refractivity contribution in [3.8, 4) is 0 Å². The molecule has 0 saturated carbocycles. The van der Waals surface area contributed by atoms with Gasteiger partial charge in [-0.3, -0.25) is 4.79 Å². The van der Waals surface area contributed by atoms with Gasteiger partial charge in [0, 0.05) is 11.1 Å². The molecule has 0 fully saturated rings. The van der Waals surface area contributed by atoms with Crippen molar-refractivity contribution in [2.45, 2.75) is 39.5 Å². The molecular formula is C21H24O. The Morgan fingerprint density at radius 3 is 1.73 bits per heavy atom.